The average molecular weight is 589 g/mol. The molecule has 0 aliphatic carbocycles. The van der Waals surface area contributed by atoms with Gasteiger partial charge in [-0.1, -0.05) is 6.42 Å². The molecule has 0 aromatic carbocycles. The van der Waals surface area contributed by atoms with E-state index in [4.69, 9.17) is 35.9 Å². The van der Waals surface area contributed by atoms with Crippen molar-refractivity contribution in [3.05, 3.63) is 12.2 Å². The normalized spacial score (nSPS) is 35.0. The molecule has 0 amide bonds. The number of hydrogen-bond donors (Lipinski definition) is 11. The van der Waals surface area contributed by atoms with Crippen LogP contribution in [0.3, 0.4) is 0 Å². The number of halogens is 4. The first kappa shape index (κ1) is 37.4. The number of carbonyl (C=O) groups is 1. The molecule has 19 heteroatoms. The van der Waals surface area contributed by atoms with Crippen LogP contribution in [0.2, 0.25) is 0 Å². The quantitative estimate of drug-likeness (QED) is 0.0907. The third-order valence-electron chi connectivity index (χ3n) is 5.41. The molecule has 13 N–H and O–H groups in total. The highest BCUT2D eigenvalue weighted by Crippen LogP contribution is 2.28. The summed E-state index contributed by atoms with van der Waals surface area (Å²) in [5, 5.41) is 84.8. The number of carboxylic acids is 1. The monoisotopic (exact) mass is 588 g/mol. The Kier molecular flexibility index (Phi) is 17.9. The van der Waals surface area contributed by atoms with Gasteiger partial charge in [-0.25, -0.2) is 0 Å². The summed E-state index contributed by atoms with van der Waals surface area (Å²) in [6.45, 7) is -0.742. The number of aliphatic hydroxyl groups excluding tert-OH is 8. The van der Waals surface area contributed by atoms with Crippen molar-refractivity contribution in [1.29, 1.82) is 0 Å². The standard InChI is InChI=1S/C12H22O11.C6H14N2O2.C2F4/c13-1-3-5(15)6(16)9(19)12(22-3)23-10-4(2-14)21-11(20)8(18)7(10)17;7-4-2-1-3-5(8)6(9)10;3-1(4)2(5)6/h3-20H,1-2H2;5H,1-4,7-8H2,(H,9,10);. The van der Waals surface area contributed by atoms with E-state index in [0.29, 0.717) is 13.0 Å². The van der Waals surface area contributed by atoms with E-state index in [0.717, 1.165) is 12.8 Å². The number of aliphatic hydroxyl groups is 8. The number of ether oxygens (including phenoxy) is 3. The molecule has 0 radical (unpaired) electrons. The van der Waals surface area contributed by atoms with Crippen molar-refractivity contribution < 1.29 is 82.5 Å². The van der Waals surface area contributed by atoms with Crippen molar-refractivity contribution in [2.75, 3.05) is 19.8 Å². The molecule has 232 valence electrons. The largest absolute Gasteiger partial charge is 0.480 e. The molecule has 39 heavy (non-hydrogen) atoms. The molecule has 2 heterocycles. The van der Waals surface area contributed by atoms with E-state index in [1.165, 1.54) is 0 Å². The molecule has 2 saturated heterocycles. The molecular formula is C20H36F4N2O13. The summed E-state index contributed by atoms with van der Waals surface area (Å²) in [7, 11) is 0. The SMILES string of the molecule is FC(F)=C(F)F.NCCCCC(N)C(=O)O.OCC1OC(OC2C(CO)OC(O)C(O)C2O)C(O)C(O)C1O. The van der Waals surface area contributed by atoms with Gasteiger partial charge in [-0.15, -0.1) is 0 Å². The van der Waals surface area contributed by atoms with Crippen molar-refractivity contribution in [3.8, 4) is 0 Å². The molecular weight excluding hydrogens is 552 g/mol. The molecule has 2 aliphatic heterocycles. The molecule has 2 aliphatic rings. The minimum absolute atomic E-state index is 0.520. The van der Waals surface area contributed by atoms with Crippen molar-refractivity contribution >= 4 is 5.97 Å². The fourth-order valence-corrected chi connectivity index (χ4v) is 3.20. The predicted molar refractivity (Wildman–Crippen MR) is 119 cm³/mol. The van der Waals surface area contributed by atoms with Gasteiger partial charge in [0.05, 0.1) is 13.2 Å². The Morgan fingerprint density at radius 1 is 0.795 bits per heavy atom. The molecule has 0 spiro atoms. The first-order valence-electron chi connectivity index (χ1n) is 11.5. The van der Waals surface area contributed by atoms with E-state index >= 15 is 0 Å². The second-order valence-corrected chi connectivity index (χ2v) is 8.28. The summed E-state index contributed by atoms with van der Waals surface area (Å²) in [6, 6.07) is -0.716. The minimum atomic E-state index is -2.91. The van der Waals surface area contributed by atoms with Gasteiger partial charge in [-0.05, 0) is 19.4 Å². The first-order valence-corrected chi connectivity index (χ1v) is 11.5. The molecule has 0 bridgehead atoms. The number of aliphatic carboxylic acids is 1. The first-order chi connectivity index (χ1) is 18.1. The Morgan fingerprint density at radius 2 is 1.33 bits per heavy atom. The second kappa shape index (κ2) is 18.7. The number of hydrogen-bond acceptors (Lipinski definition) is 14. The van der Waals surface area contributed by atoms with Gasteiger partial charge in [0.25, 0.3) is 0 Å². The maximum Gasteiger partial charge on any atom is 0.334 e. The van der Waals surface area contributed by atoms with E-state index < -0.39 is 98.8 Å². The van der Waals surface area contributed by atoms with Gasteiger partial charge in [0.1, 0.15) is 54.9 Å². The Hall–Kier alpha value is -1.59. The van der Waals surface area contributed by atoms with Crippen molar-refractivity contribution in [2.45, 2.75) is 86.7 Å². The molecule has 0 saturated carbocycles. The highest BCUT2D eigenvalue weighted by Gasteiger charge is 2.50. The van der Waals surface area contributed by atoms with Crippen molar-refractivity contribution in [1.82, 2.24) is 0 Å². The summed E-state index contributed by atoms with van der Waals surface area (Å²) in [4.78, 5) is 10.1. The van der Waals surface area contributed by atoms with Crippen LogP contribution in [-0.2, 0) is 19.0 Å². The van der Waals surface area contributed by atoms with Crippen molar-refractivity contribution in [3.63, 3.8) is 0 Å². The Bertz CT molecular complexity index is 722. The van der Waals surface area contributed by atoms with Crippen LogP contribution in [0.1, 0.15) is 19.3 Å². The lowest BCUT2D eigenvalue weighted by molar-refractivity contribution is -0.355. The summed E-state index contributed by atoms with van der Waals surface area (Å²) in [5.74, 6) is -0.933. The summed E-state index contributed by atoms with van der Waals surface area (Å²) in [5.41, 5.74) is 10.4. The van der Waals surface area contributed by atoms with Crippen LogP contribution in [0.15, 0.2) is 12.2 Å². The van der Waals surface area contributed by atoms with Crippen LogP contribution in [-0.4, -0.2) is 139 Å². The summed E-state index contributed by atoms with van der Waals surface area (Å²) >= 11 is 0. The number of carboxylic acid groups (broad SMARTS) is 1. The summed E-state index contributed by atoms with van der Waals surface area (Å²) < 4.78 is 56.4. The van der Waals surface area contributed by atoms with Gasteiger partial charge in [0, 0.05) is 0 Å². The van der Waals surface area contributed by atoms with E-state index in [1.54, 1.807) is 0 Å². The Labute approximate surface area is 219 Å². The highest BCUT2D eigenvalue weighted by molar-refractivity contribution is 5.72. The fourth-order valence-electron chi connectivity index (χ4n) is 3.20. The number of unbranched alkanes of at least 4 members (excludes halogenated alkanes) is 1. The Balaban J connectivity index is 0.000000746. The second-order valence-electron chi connectivity index (χ2n) is 8.28. The van der Waals surface area contributed by atoms with Gasteiger partial charge in [-0.2, -0.15) is 17.6 Å². The van der Waals surface area contributed by atoms with E-state index in [-0.39, 0.29) is 0 Å². The van der Waals surface area contributed by atoms with Gasteiger partial charge in [0.15, 0.2) is 12.6 Å². The van der Waals surface area contributed by atoms with Gasteiger partial charge in [0.2, 0.25) is 0 Å². The number of nitrogens with two attached hydrogens (primary N) is 2. The van der Waals surface area contributed by atoms with Crippen molar-refractivity contribution in [2.24, 2.45) is 11.5 Å². The average Bonchev–Trinajstić information content (AvgIpc) is 2.89. The van der Waals surface area contributed by atoms with Crippen LogP contribution >= 0.6 is 0 Å². The van der Waals surface area contributed by atoms with E-state index in [2.05, 4.69) is 0 Å². The topological polar surface area (TPSA) is 279 Å². The molecule has 2 fully saturated rings. The lowest BCUT2D eigenvalue weighted by Gasteiger charge is -2.45. The molecule has 11 atom stereocenters. The minimum Gasteiger partial charge on any atom is -0.480 e. The fraction of sp³-hybridized carbons (Fsp3) is 0.850. The molecule has 11 unspecified atom stereocenters. The van der Waals surface area contributed by atoms with Crippen LogP contribution in [0, 0.1) is 0 Å². The van der Waals surface area contributed by atoms with Crippen LogP contribution < -0.4 is 11.5 Å². The molecule has 15 nitrogen and oxygen atoms in total. The third-order valence-corrected chi connectivity index (χ3v) is 5.41. The van der Waals surface area contributed by atoms with Crippen LogP contribution in [0.25, 0.3) is 0 Å². The van der Waals surface area contributed by atoms with Crippen LogP contribution in [0.5, 0.6) is 0 Å². The van der Waals surface area contributed by atoms with Gasteiger partial charge < -0.3 is 71.6 Å². The Morgan fingerprint density at radius 3 is 1.77 bits per heavy atom. The predicted octanol–water partition coefficient (Wildman–Crippen LogP) is -3.88. The zero-order valence-corrected chi connectivity index (χ0v) is 20.4. The van der Waals surface area contributed by atoms with Crippen LogP contribution in [0.4, 0.5) is 17.6 Å². The van der Waals surface area contributed by atoms with E-state index in [1.807, 2.05) is 0 Å². The zero-order chi connectivity index (χ0) is 30.4. The zero-order valence-electron chi connectivity index (χ0n) is 20.4. The van der Waals surface area contributed by atoms with Gasteiger partial charge in [-0.3, -0.25) is 4.79 Å². The molecule has 2 rings (SSSR count). The lowest BCUT2D eigenvalue weighted by Crippen LogP contribution is -2.64. The number of rotatable bonds is 9. The smallest absolute Gasteiger partial charge is 0.334 e. The van der Waals surface area contributed by atoms with E-state index in [9.17, 15) is 58.1 Å². The maximum atomic E-state index is 10.3. The molecule has 0 aromatic rings. The maximum absolute atomic E-state index is 10.3. The summed E-state index contributed by atoms with van der Waals surface area (Å²) in [6.07, 6.45) is -19.2. The third kappa shape index (κ3) is 12.2. The highest BCUT2D eigenvalue weighted by atomic mass is 19.3. The van der Waals surface area contributed by atoms with Gasteiger partial charge >= 0.3 is 18.1 Å². The lowest BCUT2D eigenvalue weighted by atomic mass is 9.97. The molecule has 0 aromatic heterocycles.